The summed E-state index contributed by atoms with van der Waals surface area (Å²) < 4.78 is 38.5. The van der Waals surface area contributed by atoms with Gasteiger partial charge in [-0.05, 0) is 30.4 Å². The van der Waals surface area contributed by atoms with Crippen molar-refractivity contribution in [3.8, 4) is 0 Å². The fourth-order valence-corrected chi connectivity index (χ4v) is 3.42. The first-order valence-electron chi connectivity index (χ1n) is 7.09. The van der Waals surface area contributed by atoms with Gasteiger partial charge in [0.2, 0.25) is 0 Å². The average molecular weight is 295 g/mol. The highest BCUT2D eigenvalue weighted by atomic mass is 19.4. The summed E-state index contributed by atoms with van der Waals surface area (Å²) in [6.07, 6.45) is 0.725. The Kier molecular flexibility index (Phi) is 3.51. The summed E-state index contributed by atoms with van der Waals surface area (Å²) in [4.78, 5) is 12.8. The molecule has 1 aliphatic heterocycles. The Bertz CT molecular complexity index is 579. The van der Waals surface area contributed by atoms with Gasteiger partial charge in [-0.15, -0.1) is 0 Å². The molecule has 2 atom stereocenters. The summed E-state index contributed by atoms with van der Waals surface area (Å²) in [5, 5.41) is 0. The van der Waals surface area contributed by atoms with E-state index in [0.717, 1.165) is 16.0 Å². The maximum atomic E-state index is 12.8. The van der Waals surface area contributed by atoms with Crippen LogP contribution in [0, 0.1) is 0 Å². The van der Waals surface area contributed by atoms with Gasteiger partial charge in [-0.1, -0.05) is 36.4 Å². The third kappa shape index (κ3) is 2.57. The number of rotatable bonds is 0. The predicted octanol–water partition coefficient (Wildman–Crippen LogP) is 3.44. The summed E-state index contributed by atoms with van der Waals surface area (Å²) >= 11 is 0. The van der Waals surface area contributed by atoms with Crippen molar-refractivity contribution < 1.29 is 18.0 Å². The zero-order chi connectivity index (χ0) is 15.0. The number of hydrogen-bond donors (Lipinski definition) is 0. The number of fused-ring (bicyclic) bond motifs is 3. The average Bonchev–Trinajstić information content (AvgIpc) is 2.63. The second-order valence-electron chi connectivity index (χ2n) is 5.56. The number of alkyl halides is 3. The monoisotopic (exact) mass is 295 g/mol. The topological polar surface area (TPSA) is 20.3 Å². The normalized spacial score (nSPS) is 25.0. The van der Waals surface area contributed by atoms with E-state index >= 15 is 0 Å². The quantitative estimate of drug-likeness (QED) is 0.671. The number of benzene rings is 1. The molecule has 2 nitrogen and oxygen atoms in total. The van der Waals surface area contributed by atoms with Crippen LogP contribution >= 0.6 is 0 Å². The molecule has 0 aromatic heterocycles. The van der Waals surface area contributed by atoms with Crippen molar-refractivity contribution in [3.63, 3.8) is 0 Å². The molecule has 0 spiro atoms. The number of carbonyl (C=O) groups is 1. The van der Waals surface area contributed by atoms with Crippen LogP contribution in [-0.2, 0) is 11.2 Å². The van der Waals surface area contributed by atoms with E-state index in [1.165, 1.54) is 0 Å². The fraction of sp³-hybridized carbons (Fsp3) is 0.438. The summed E-state index contributed by atoms with van der Waals surface area (Å²) in [6.45, 7) is 0.129. The van der Waals surface area contributed by atoms with Crippen LogP contribution < -0.4 is 0 Å². The van der Waals surface area contributed by atoms with Gasteiger partial charge in [0.25, 0.3) is 0 Å². The summed E-state index contributed by atoms with van der Waals surface area (Å²) in [5.74, 6) is -1.75. The first-order chi connectivity index (χ1) is 9.98. The lowest BCUT2D eigenvalue weighted by Crippen LogP contribution is -2.49. The van der Waals surface area contributed by atoms with Gasteiger partial charge in [-0.3, -0.25) is 4.79 Å². The molecule has 0 radical (unpaired) electrons. The molecule has 1 aliphatic carbocycles. The Morgan fingerprint density at radius 1 is 1.14 bits per heavy atom. The van der Waals surface area contributed by atoms with E-state index in [-0.39, 0.29) is 12.5 Å². The molecule has 2 aliphatic rings. The van der Waals surface area contributed by atoms with Crippen LogP contribution in [0.25, 0.3) is 0 Å². The van der Waals surface area contributed by atoms with Gasteiger partial charge in [0.15, 0.2) is 0 Å². The van der Waals surface area contributed by atoms with E-state index < -0.39 is 18.1 Å². The molecule has 1 amide bonds. The number of hydrogen-bond acceptors (Lipinski definition) is 1. The molecular weight excluding hydrogens is 279 g/mol. The number of carbonyl (C=O) groups excluding carboxylic acids is 1. The molecule has 0 saturated heterocycles. The maximum absolute atomic E-state index is 12.8. The molecule has 5 heteroatoms. The first kappa shape index (κ1) is 14.2. The minimum absolute atomic E-state index is 0.0417. The molecule has 2 unspecified atom stereocenters. The first-order valence-corrected chi connectivity index (χ1v) is 7.09. The number of halogens is 3. The Labute approximate surface area is 121 Å². The molecule has 0 bridgehead atoms. The third-order valence-corrected chi connectivity index (χ3v) is 4.38. The van der Waals surface area contributed by atoms with Crippen LogP contribution in [0.1, 0.15) is 29.9 Å². The van der Waals surface area contributed by atoms with Gasteiger partial charge < -0.3 is 4.90 Å². The Morgan fingerprint density at radius 2 is 1.86 bits per heavy atom. The third-order valence-electron chi connectivity index (χ3n) is 4.38. The van der Waals surface area contributed by atoms with Crippen molar-refractivity contribution >= 4 is 5.91 Å². The highest BCUT2D eigenvalue weighted by Crippen LogP contribution is 2.38. The minimum atomic E-state index is -4.80. The molecule has 0 N–H and O–H groups in total. The lowest BCUT2D eigenvalue weighted by atomic mass is 9.81. The van der Waals surface area contributed by atoms with Crippen molar-refractivity contribution in [1.82, 2.24) is 4.90 Å². The van der Waals surface area contributed by atoms with Crippen LogP contribution in [0.4, 0.5) is 13.2 Å². The maximum Gasteiger partial charge on any atom is 0.471 e. The largest absolute Gasteiger partial charge is 0.471 e. The van der Waals surface area contributed by atoms with E-state index in [0.29, 0.717) is 19.3 Å². The minimum Gasteiger partial charge on any atom is -0.331 e. The van der Waals surface area contributed by atoms with Gasteiger partial charge in [0.1, 0.15) is 0 Å². The SMILES string of the molecule is O=C(N1CCc2ccccc2C2CC=CCC21)C(F)(F)F. The second-order valence-corrected chi connectivity index (χ2v) is 5.56. The van der Waals surface area contributed by atoms with Crippen LogP contribution in [0.2, 0.25) is 0 Å². The van der Waals surface area contributed by atoms with E-state index in [4.69, 9.17) is 0 Å². The second kappa shape index (κ2) is 5.20. The van der Waals surface area contributed by atoms with Crippen LogP contribution in [0.15, 0.2) is 36.4 Å². The molecule has 0 saturated carbocycles. The summed E-state index contributed by atoms with van der Waals surface area (Å²) in [7, 11) is 0. The van der Waals surface area contributed by atoms with Crippen LogP contribution in [-0.4, -0.2) is 29.6 Å². The van der Waals surface area contributed by atoms with Gasteiger partial charge in [-0.25, -0.2) is 0 Å². The van der Waals surface area contributed by atoms with E-state index in [1.54, 1.807) is 0 Å². The van der Waals surface area contributed by atoms with E-state index in [1.807, 2.05) is 36.4 Å². The zero-order valence-electron chi connectivity index (χ0n) is 11.4. The summed E-state index contributed by atoms with van der Waals surface area (Å²) in [6, 6.07) is 7.34. The van der Waals surface area contributed by atoms with Crippen LogP contribution in [0.3, 0.4) is 0 Å². The molecule has 1 aromatic rings. The van der Waals surface area contributed by atoms with E-state index in [2.05, 4.69) is 0 Å². The standard InChI is InChI=1S/C16H16F3NO/c17-16(18,19)15(21)20-10-9-11-5-1-2-6-12(11)13-7-3-4-8-14(13)20/h1-6,13-14H,7-10H2. The van der Waals surface area contributed by atoms with Gasteiger partial charge in [0, 0.05) is 18.5 Å². The van der Waals surface area contributed by atoms with Crippen molar-refractivity contribution in [1.29, 1.82) is 0 Å². The highest BCUT2D eigenvalue weighted by Gasteiger charge is 2.47. The molecule has 21 heavy (non-hydrogen) atoms. The Balaban J connectivity index is 2.00. The number of allylic oxidation sites excluding steroid dienone is 1. The molecule has 0 fully saturated rings. The van der Waals surface area contributed by atoms with E-state index in [9.17, 15) is 18.0 Å². The van der Waals surface area contributed by atoms with Crippen molar-refractivity contribution in [2.75, 3.05) is 6.54 Å². The van der Waals surface area contributed by atoms with Crippen molar-refractivity contribution in [2.45, 2.75) is 37.4 Å². The van der Waals surface area contributed by atoms with Crippen molar-refractivity contribution in [3.05, 3.63) is 47.5 Å². The fourth-order valence-electron chi connectivity index (χ4n) is 3.42. The molecule has 1 heterocycles. The molecule has 1 aromatic carbocycles. The Morgan fingerprint density at radius 3 is 2.62 bits per heavy atom. The van der Waals surface area contributed by atoms with Crippen LogP contribution in [0.5, 0.6) is 0 Å². The lowest BCUT2D eigenvalue weighted by Gasteiger charge is -2.36. The highest BCUT2D eigenvalue weighted by molar-refractivity contribution is 5.82. The smallest absolute Gasteiger partial charge is 0.331 e. The molecule has 112 valence electrons. The molecular formula is C16H16F3NO. The number of nitrogens with zero attached hydrogens (tertiary/aromatic N) is 1. The lowest BCUT2D eigenvalue weighted by molar-refractivity contribution is -0.188. The predicted molar refractivity (Wildman–Crippen MR) is 72.8 cm³/mol. The summed E-state index contributed by atoms with van der Waals surface area (Å²) in [5.41, 5.74) is 2.14. The zero-order valence-corrected chi connectivity index (χ0v) is 11.4. The van der Waals surface area contributed by atoms with Gasteiger partial charge in [0.05, 0.1) is 0 Å². The van der Waals surface area contributed by atoms with Gasteiger partial charge in [-0.2, -0.15) is 13.2 Å². The Hall–Kier alpha value is -1.78. The number of amides is 1. The van der Waals surface area contributed by atoms with Crippen molar-refractivity contribution in [2.24, 2.45) is 0 Å². The molecule has 3 rings (SSSR count). The van der Waals surface area contributed by atoms with Gasteiger partial charge >= 0.3 is 12.1 Å².